The van der Waals surface area contributed by atoms with E-state index in [9.17, 15) is 0 Å². The Bertz CT molecular complexity index is 264. The summed E-state index contributed by atoms with van der Waals surface area (Å²) in [7, 11) is 0. The third-order valence-corrected chi connectivity index (χ3v) is 6.68. The van der Waals surface area contributed by atoms with Crippen molar-refractivity contribution in [2.75, 3.05) is 0 Å². The summed E-state index contributed by atoms with van der Waals surface area (Å²) in [6.07, 6.45) is 23.2. The summed E-state index contributed by atoms with van der Waals surface area (Å²) in [5.41, 5.74) is 12.0. The maximum absolute atomic E-state index is 6.02. The van der Waals surface area contributed by atoms with E-state index in [0.717, 1.165) is 12.8 Å². The second-order valence-electron chi connectivity index (χ2n) is 9.57. The van der Waals surface area contributed by atoms with E-state index in [1.807, 2.05) is 0 Å². The van der Waals surface area contributed by atoms with Crippen molar-refractivity contribution in [3.05, 3.63) is 0 Å². The molecule has 0 bridgehead atoms. The highest BCUT2D eigenvalue weighted by molar-refractivity contribution is 4.69. The maximum atomic E-state index is 6.02. The van der Waals surface area contributed by atoms with Crippen molar-refractivity contribution in [2.45, 2.75) is 163 Å². The number of nitrogens with two attached hydrogens (primary N) is 2. The summed E-state index contributed by atoms with van der Waals surface area (Å²) >= 11 is 0. The molecule has 0 rings (SSSR count). The normalized spacial score (nSPS) is 15.3. The average molecular weight is 413 g/mol. The molecule has 0 fully saturated rings. The number of rotatable bonds is 19. The lowest BCUT2D eigenvalue weighted by molar-refractivity contribution is 0.374. The Kier molecular flexibility index (Phi) is 26.0. The van der Waals surface area contributed by atoms with Gasteiger partial charge in [0.1, 0.15) is 0 Å². The Morgan fingerprint density at radius 2 is 0.724 bits per heavy atom. The van der Waals surface area contributed by atoms with Crippen LogP contribution in [0.4, 0.5) is 0 Å². The van der Waals surface area contributed by atoms with Crippen LogP contribution in [-0.4, -0.2) is 12.1 Å². The van der Waals surface area contributed by atoms with Crippen molar-refractivity contribution in [1.29, 1.82) is 0 Å². The SMILES string of the molecule is CCC(N)C(C)CCCCCC(C)C(N)CC.CCCCCCCCCCCC. The maximum Gasteiger partial charge on any atom is 0.00619 e. The van der Waals surface area contributed by atoms with Crippen LogP contribution in [0.1, 0.15) is 151 Å². The molecule has 0 aliphatic rings. The number of unbranched alkanes of at least 4 members (excludes halogenated alkanes) is 11. The van der Waals surface area contributed by atoms with Gasteiger partial charge in [0.25, 0.3) is 0 Å². The van der Waals surface area contributed by atoms with Gasteiger partial charge in [-0.3, -0.25) is 0 Å². The zero-order valence-corrected chi connectivity index (χ0v) is 21.5. The largest absolute Gasteiger partial charge is 0.327 e. The first-order valence-corrected chi connectivity index (χ1v) is 13.4. The lowest BCUT2D eigenvalue weighted by Crippen LogP contribution is -2.27. The minimum Gasteiger partial charge on any atom is -0.327 e. The molecule has 0 heterocycles. The zero-order chi connectivity index (χ0) is 22.3. The minimum atomic E-state index is 0.391. The second kappa shape index (κ2) is 24.2. The van der Waals surface area contributed by atoms with Crippen LogP contribution < -0.4 is 11.5 Å². The fourth-order valence-electron chi connectivity index (χ4n) is 3.90. The van der Waals surface area contributed by atoms with Crippen molar-refractivity contribution >= 4 is 0 Å². The fraction of sp³-hybridized carbons (Fsp3) is 1.00. The van der Waals surface area contributed by atoms with Gasteiger partial charge in [-0.25, -0.2) is 0 Å². The second-order valence-corrected chi connectivity index (χ2v) is 9.57. The van der Waals surface area contributed by atoms with E-state index in [2.05, 4.69) is 41.5 Å². The molecule has 0 saturated heterocycles. The Hall–Kier alpha value is -0.0800. The zero-order valence-electron chi connectivity index (χ0n) is 21.5. The molecule has 0 aromatic heterocycles. The standard InChI is InChI=1S/C15H34N2.C12H26/c1-5-14(16)12(3)10-8-7-9-11-13(4)15(17)6-2;1-3-5-7-9-11-12-10-8-6-4-2/h12-15H,5-11,16-17H2,1-4H3;3-12H2,1-2H3. The molecular formula is C27H60N2. The molecule has 4 unspecified atom stereocenters. The van der Waals surface area contributed by atoms with Crippen LogP contribution in [0.15, 0.2) is 0 Å². The van der Waals surface area contributed by atoms with Gasteiger partial charge in [-0.15, -0.1) is 0 Å². The molecule has 0 radical (unpaired) electrons. The quantitative estimate of drug-likeness (QED) is 0.209. The van der Waals surface area contributed by atoms with Crippen LogP contribution in [0.3, 0.4) is 0 Å². The van der Waals surface area contributed by atoms with Gasteiger partial charge in [0.2, 0.25) is 0 Å². The number of hydrogen-bond acceptors (Lipinski definition) is 2. The smallest absolute Gasteiger partial charge is 0.00619 e. The van der Waals surface area contributed by atoms with Crippen LogP contribution >= 0.6 is 0 Å². The van der Waals surface area contributed by atoms with E-state index in [4.69, 9.17) is 11.5 Å². The van der Waals surface area contributed by atoms with E-state index in [1.165, 1.54) is 96.3 Å². The Labute approximate surface area is 186 Å². The van der Waals surface area contributed by atoms with Crippen molar-refractivity contribution in [3.63, 3.8) is 0 Å². The summed E-state index contributed by atoms with van der Waals surface area (Å²) in [6.45, 7) is 13.5. The molecule has 0 aliphatic heterocycles. The molecule has 4 N–H and O–H groups in total. The van der Waals surface area contributed by atoms with Crippen molar-refractivity contribution in [1.82, 2.24) is 0 Å². The van der Waals surface area contributed by atoms with Crippen molar-refractivity contribution in [3.8, 4) is 0 Å². The van der Waals surface area contributed by atoms with Crippen LogP contribution in [0.25, 0.3) is 0 Å². The highest BCUT2D eigenvalue weighted by Crippen LogP contribution is 2.18. The summed E-state index contributed by atoms with van der Waals surface area (Å²) in [5, 5.41) is 0. The van der Waals surface area contributed by atoms with Gasteiger partial charge in [-0.05, 0) is 37.5 Å². The molecule has 0 saturated carbocycles. The Morgan fingerprint density at radius 3 is 1.00 bits per heavy atom. The molecule has 0 aromatic carbocycles. The average Bonchev–Trinajstić information content (AvgIpc) is 2.74. The summed E-state index contributed by atoms with van der Waals surface area (Å²) in [6, 6.07) is 0.782. The molecule has 0 amide bonds. The van der Waals surface area contributed by atoms with E-state index >= 15 is 0 Å². The molecule has 2 heteroatoms. The molecule has 4 atom stereocenters. The molecule has 178 valence electrons. The first-order valence-electron chi connectivity index (χ1n) is 13.4. The van der Waals surface area contributed by atoms with Crippen LogP contribution in [0.2, 0.25) is 0 Å². The van der Waals surface area contributed by atoms with Gasteiger partial charge in [0, 0.05) is 12.1 Å². The summed E-state index contributed by atoms with van der Waals surface area (Å²) in [4.78, 5) is 0. The van der Waals surface area contributed by atoms with E-state index < -0.39 is 0 Å². The molecule has 0 aliphatic carbocycles. The monoisotopic (exact) mass is 412 g/mol. The van der Waals surface area contributed by atoms with Gasteiger partial charge in [0.15, 0.2) is 0 Å². The van der Waals surface area contributed by atoms with Gasteiger partial charge in [0.05, 0.1) is 0 Å². The predicted molar refractivity (Wildman–Crippen MR) is 135 cm³/mol. The van der Waals surface area contributed by atoms with Crippen LogP contribution in [0.5, 0.6) is 0 Å². The molecule has 0 spiro atoms. The van der Waals surface area contributed by atoms with Gasteiger partial charge < -0.3 is 11.5 Å². The number of hydrogen-bond donors (Lipinski definition) is 2. The van der Waals surface area contributed by atoms with Gasteiger partial charge >= 0.3 is 0 Å². The van der Waals surface area contributed by atoms with E-state index in [0.29, 0.717) is 23.9 Å². The fourth-order valence-corrected chi connectivity index (χ4v) is 3.90. The predicted octanol–water partition coefficient (Wildman–Crippen LogP) is 8.61. The highest BCUT2D eigenvalue weighted by atomic mass is 14.6. The molecule has 2 nitrogen and oxygen atoms in total. The topological polar surface area (TPSA) is 52.0 Å². The summed E-state index contributed by atoms with van der Waals surface area (Å²) in [5.74, 6) is 1.35. The first-order chi connectivity index (χ1) is 13.9. The molecule has 29 heavy (non-hydrogen) atoms. The van der Waals surface area contributed by atoms with Crippen molar-refractivity contribution < 1.29 is 0 Å². The van der Waals surface area contributed by atoms with Gasteiger partial charge in [-0.2, -0.15) is 0 Å². The van der Waals surface area contributed by atoms with Crippen LogP contribution in [-0.2, 0) is 0 Å². The van der Waals surface area contributed by atoms with Crippen LogP contribution in [0, 0.1) is 11.8 Å². The first kappa shape index (κ1) is 31.1. The lowest BCUT2D eigenvalue weighted by Gasteiger charge is -2.19. The summed E-state index contributed by atoms with van der Waals surface area (Å²) < 4.78 is 0. The van der Waals surface area contributed by atoms with Gasteiger partial charge in [-0.1, -0.05) is 125 Å². The van der Waals surface area contributed by atoms with Crippen molar-refractivity contribution in [2.24, 2.45) is 23.3 Å². The molecule has 0 aromatic rings. The Balaban J connectivity index is 0. The third-order valence-electron chi connectivity index (χ3n) is 6.68. The van der Waals surface area contributed by atoms with E-state index in [1.54, 1.807) is 0 Å². The Morgan fingerprint density at radius 1 is 0.448 bits per heavy atom. The third kappa shape index (κ3) is 22.4. The highest BCUT2D eigenvalue weighted by Gasteiger charge is 2.11. The minimum absolute atomic E-state index is 0.391. The lowest BCUT2D eigenvalue weighted by atomic mass is 9.91. The van der Waals surface area contributed by atoms with E-state index in [-0.39, 0.29) is 0 Å². The molecular weight excluding hydrogens is 352 g/mol.